The van der Waals surface area contributed by atoms with Gasteiger partial charge in [-0.3, -0.25) is 10.6 Å². The third-order valence-corrected chi connectivity index (χ3v) is 1.51. The van der Waals surface area contributed by atoms with Crippen LogP contribution in [0, 0.1) is 0 Å². The average molecular weight is 116 g/mol. The normalized spacial score (nSPS) is 26.2. The van der Waals surface area contributed by atoms with Crippen molar-refractivity contribution in [2.45, 2.75) is 19.2 Å². The number of likely N-dealkylation sites (tertiary alicyclic amines) is 1. The van der Waals surface area contributed by atoms with Crippen LogP contribution in [0.5, 0.6) is 0 Å². The molecule has 1 heterocycles. The molecule has 8 heavy (non-hydrogen) atoms. The number of hydrogen-bond acceptors (Lipinski definition) is 3. The fraction of sp³-hybridized carbons (Fsp3) is 1.00. The molecule has 1 rings (SSSR count). The predicted molar refractivity (Wildman–Crippen MR) is 31.0 cm³/mol. The topological polar surface area (TPSA) is 49.5 Å². The van der Waals surface area contributed by atoms with Crippen LogP contribution in [0.4, 0.5) is 0 Å². The number of nitrogens with zero attached hydrogens (tertiary/aromatic N) is 1. The van der Waals surface area contributed by atoms with Gasteiger partial charge in [-0.15, -0.1) is 0 Å². The first-order valence-electron chi connectivity index (χ1n) is 2.98. The summed E-state index contributed by atoms with van der Waals surface area (Å²) in [5.74, 6) is 0. The van der Waals surface area contributed by atoms with E-state index < -0.39 is 6.35 Å². The van der Waals surface area contributed by atoms with Crippen LogP contribution in [0.3, 0.4) is 0 Å². The first-order chi connectivity index (χ1) is 3.80. The van der Waals surface area contributed by atoms with Crippen LogP contribution in [0.2, 0.25) is 0 Å². The van der Waals surface area contributed by atoms with Gasteiger partial charge in [0.05, 0.1) is 0 Å². The molecular formula is C5H12N2O. The number of nitrogens with two attached hydrogens (primary N) is 1. The quantitative estimate of drug-likeness (QED) is 0.446. The molecule has 0 spiro atoms. The number of rotatable bonds is 1. The molecular weight excluding hydrogens is 104 g/mol. The molecule has 3 nitrogen and oxygen atoms in total. The van der Waals surface area contributed by atoms with E-state index in [4.69, 9.17) is 10.8 Å². The molecule has 1 atom stereocenters. The van der Waals surface area contributed by atoms with E-state index >= 15 is 0 Å². The summed E-state index contributed by atoms with van der Waals surface area (Å²) in [7, 11) is 0. The van der Waals surface area contributed by atoms with Crippen molar-refractivity contribution in [3.8, 4) is 0 Å². The highest BCUT2D eigenvalue weighted by atomic mass is 16.3. The van der Waals surface area contributed by atoms with Gasteiger partial charge in [0.25, 0.3) is 0 Å². The van der Waals surface area contributed by atoms with Gasteiger partial charge in [-0.05, 0) is 12.8 Å². The molecule has 0 bridgehead atoms. The van der Waals surface area contributed by atoms with Gasteiger partial charge >= 0.3 is 0 Å². The van der Waals surface area contributed by atoms with Crippen molar-refractivity contribution in [1.82, 2.24) is 4.90 Å². The third kappa shape index (κ3) is 1.18. The molecule has 0 amide bonds. The maximum atomic E-state index is 8.76. The lowest BCUT2D eigenvalue weighted by Crippen LogP contribution is -2.39. The Labute approximate surface area is 49.1 Å². The molecule has 0 aliphatic carbocycles. The molecule has 0 aromatic heterocycles. The zero-order valence-corrected chi connectivity index (χ0v) is 4.88. The van der Waals surface area contributed by atoms with Gasteiger partial charge in [0.1, 0.15) is 0 Å². The zero-order valence-electron chi connectivity index (χ0n) is 4.88. The monoisotopic (exact) mass is 116 g/mol. The molecule has 48 valence electrons. The Bertz CT molecular complexity index is 68.8. The lowest BCUT2D eigenvalue weighted by atomic mass is 10.4. The van der Waals surface area contributed by atoms with E-state index in [1.807, 2.05) is 4.90 Å². The summed E-state index contributed by atoms with van der Waals surface area (Å²) in [4.78, 5) is 1.86. The van der Waals surface area contributed by atoms with Crippen LogP contribution in [-0.2, 0) is 0 Å². The first-order valence-corrected chi connectivity index (χ1v) is 2.98. The minimum Gasteiger partial charge on any atom is -0.365 e. The summed E-state index contributed by atoms with van der Waals surface area (Å²) in [6.07, 6.45) is 1.63. The van der Waals surface area contributed by atoms with Crippen molar-refractivity contribution < 1.29 is 5.11 Å². The Morgan fingerprint density at radius 2 is 1.88 bits per heavy atom. The summed E-state index contributed by atoms with van der Waals surface area (Å²) in [6.45, 7) is 1.91. The molecule has 3 N–H and O–H groups in total. The van der Waals surface area contributed by atoms with E-state index in [1.165, 1.54) is 12.8 Å². The summed E-state index contributed by atoms with van der Waals surface area (Å²) in [5.41, 5.74) is 5.18. The van der Waals surface area contributed by atoms with E-state index in [0.29, 0.717) is 0 Å². The molecule has 3 heteroatoms. The molecule has 0 aromatic carbocycles. The summed E-state index contributed by atoms with van der Waals surface area (Å²) in [5, 5.41) is 8.76. The maximum absolute atomic E-state index is 8.76. The number of aliphatic hydroxyl groups excluding tert-OH is 1. The van der Waals surface area contributed by atoms with Gasteiger partial charge in [-0.25, -0.2) is 0 Å². The standard InChI is InChI=1S/C5H12N2O/c6-5(8)7-3-1-2-4-7/h5,8H,1-4,6H2. The summed E-state index contributed by atoms with van der Waals surface area (Å²) >= 11 is 0. The minimum absolute atomic E-state index is 0.725. The molecule has 0 saturated carbocycles. The Kier molecular flexibility index (Phi) is 1.83. The van der Waals surface area contributed by atoms with E-state index in [9.17, 15) is 0 Å². The second-order valence-electron chi connectivity index (χ2n) is 2.16. The first kappa shape index (κ1) is 6.01. The van der Waals surface area contributed by atoms with Gasteiger partial charge in [-0.1, -0.05) is 0 Å². The second-order valence-corrected chi connectivity index (χ2v) is 2.16. The van der Waals surface area contributed by atoms with Crippen LogP contribution in [0.15, 0.2) is 0 Å². The summed E-state index contributed by atoms with van der Waals surface area (Å²) in [6, 6.07) is 0. The molecule has 1 fully saturated rings. The minimum atomic E-state index is -0.725. The molecule has 0 aromatic rings. The van der Waals surface area contributed by atoms with E-state index in [1.54, 1.807) is 0 Å². The van der Waals surface area contributed by atoms with Crippen LogP contribution >= 0.6 is 0 Å². The Balaban J connectivity index is 2.24. The highest BCUT2D eigenvalue weighted by molar-refractivity contribution is 4.64. The summed E-state index contributed by atoms with van der Waals surface area (Å²) < 4.78 is 0. The Morgan fingerprint density at radius 1 is 1.38 bits per heavy atom. The number of aliphatic hydroxyl groups is 1. The van der Waals surface area contributed by atoms with Crippen LogP contribution in [0.1, 0.15) is 12.8 Å². The van der Waals surface area contributed by atoms with Crippen molar-refractivity contribution in [2.24, 2.45) is 5.73 Å². The van der Waals surface area contributed by atoms with Crippen LogP contribution in [-0.4, -0.2) is 29.4 Å². The fourth-order valence-corrected chi connectivity index (χ4v) is 1.01. The van der Waals surface area contributed by atoms with Gasteiger partial charge in [0.2, 0.25) is 0 Å². The largest absolute Gasteiger partial charge is 0.365 e. The molecule has 1 aliphatic heterocycles. The maximum Gasteiger partial charge on any atom is 0.160 e. The Morgan fingerprint density at radius 3 is 2.12 bits per heavy atom. The highest BCUT2D eigenvalue weighted by Crippen LogP contribution is 2.06. The lowest BCUT2D eigenvalue weighted by Gasteiger charge is -2.16. The molecule has 0 radical (unpaired) electrons. The van der Waals surface area contributed by atoms with Crippen LogP contribution < -0.4 is 5.73 Å². The van der Waals surface area contributed by atoms with E-state index in [0.717, 1.165) is 13.1 Å². The zero-order chi connectivity index (χ0) is 5.98. The number of hydrogen-bond donors (Lipinski definition) is 2. The van der Waals surface area contributed by atoms with E-state index in [-0.39, 0.29) is 0 Å². The van der Waals surface area contributed by atoms with E-state index in [2.05, 4.69) is 0 Å². The van der Waals surface area contributed by atoms with Gasteiger partial charge in [-0.2, -0.15) is 0 Å². The van der Waals surface area contributed by atoms with Crippen molar-refractivity contribution >= 4 is 0 Å². The van der Waals surface area contributed by atoms with Gasteiger partial charge in [0.15, 0.2) is 6.35 Å². The molecule has 1 aliphatic rings. The SMILES string of the molecule is NC(O)N1CCCC1. The molecule has 1 unspecified atom stereocenters. The highest BCUT2D eigenvalue weighted by Gasteiger charge is 2.14. The third-order valence-electron chi connectivity index (χ3n) is 1.51. The van der Waals surface area contributed by atoms with Gasteiger partial charge in [0, 0.05) is 13.1 Å². The van der Waals surface area contributed by atoms with Crippen molar-refractivity contribution in [1.29, 1.82) is 0 Å². The lowest BCUT2D eigenvalue weighted by molar-refractivity contribution is 0.0264. The smallest absolute Gasteiger partial charge is 0.160 e. The van der Waals surface area contributed by atoms with Crippen molar-refractivity contribution in [3.63, 3.8) is 0 Å². The van der Waals surface area contributed by atoms with Crippen molar-refractivity contribution in [3.05, 3.63) is 0 Å². The molecule has 1 saturated heterocycles. The Hall–Kier alpha value is -0.120. The van der Waals surface area contributed by atoms with Crippen molar-refractivity contribution in [2.75, 3.05) is 13.1 Å². The second kappa shape index (κ2) is 2.44. The fourth-order valence-electron chi connectivity index (χ4n) is 1.01. The van der Waals surface area contributed by atoms with Crippen LogP contribution in [0.25, 0.3) is 0 Å². The van der Waals surface area contributed by atoms with Gasteiger partial charge < -0.3 is 5.11 Å². The predicted octanol–water partition coefficient (Wildman–Crippen LogP) is -0.683. The average Bonchev–Trinajstić information content (AvgIpc) is 2.12.